The van der Waals surface area contributed by atoms with Crippen LogP contribution in [-0.2, 0) is 19.5 Å². The van der Waals surface area contributed by atoms with Crippen molar-refractivity contribution in [2.75, 3.05) is 0 Å². The van der Waals surface area contributed by atoms with Crippen LogP contribution in [0.25, 0.3) is 0 Å². The third-order valence-corrected chi connectivity index (χ3v) is 1.37. The molecule has 75 valence electrons. The fraction of sp³-hybridized carbons (Fsp3) is 0.286. The summed E-state index contributed by atoms with van der Waals surface area (Å²) < 4.78 is 7.94. The maximum atomic E-state index is 9.15. The summed E-state index contributed by atoms with van der Waals surface area (Å²) in [4.78, 5) is 0. The second-order valence-corrected chi connectivity index (χ2v) is 2.02. The van der Waals surface area contributed by atoms with Gasteiger partial charge in [-0.2, -0.15) is 26.3 Å². The molecule has 9 heteroatoms. The van der Waals surface area contributed by atoms with Gasteiger partial charge in [0.05, 0.1) is 0 Å². The molecule has 0 atom stereocenters. The standard InChI is InChI=1S/C7HN5O.Co.K.O/c8-1-6(2-9,3-10)7(13,4-11)5-12;;;/h13H;;;/q;;+1;. The predicted octanol–water partition coefficient (Wildman–Crippen LogP) is -3.80. The van der Waals surface area contributed by atoms with Crippen LogP contribution in [0.1, 0.15) is 0 Å². The topological polar surface area (TPSA) is 156 Å². The van der Waals surface area contributed by atoms with E-state index < -0.39 is 11.0 Å². The van der Waals surface area contributed by atoms with E-state index in [4.69, 9.17) is 35.3 Å². The summed E-state index contributed by atoms with van der Waals surface area (Å²) in [5.74, 6) is 0. The van der Waals surface area contributed by atoms with E-state index in [9.17, 15) is 0 Å². The minimum atomic E-state index is -2.93. The molecule has 0 heterocycles. The number of aliphatic hydroxyl groups is 1. The van der Waals surface area contributed by atoms with Crippen molar-refractivity contribution in [3.8, 4) is 30.3 Å². The van der Waals surface area contributed by atoms with E-state index in [-0.39, 0.29) is 51.4 Å². The molecule has 0 unspecified atom stereocenters. The summed E-state index contributed by atoms with van der Waals surface area (Å²) in [6.45, 7) is 0. The molecule has 0 aliphatic rings. The molecule has 0 rings (SSSR count). The molecule has 0 saturated heterocycles. The molecule has 0 aromatic rings. The molecule has 0 saturated carbocycles. The minimum absolute atomic E-state index is 0. The van der Waals surface area contributed by atoms with Gasteiger partial charge in [0.15, 0.2) is 0 Å². The summed E-state index contributed by atoms with van der Waals surface area (Å²) in [7, 11) is 0. The van der Waals surface area contributed by atoms with E-state index in [1.807, 2.05) is 0 Å². The van der Waals surface area contributed by atoms with Crippen molar-refractivity contribution >= 4 is 0 Å². The van der Waals surface area contributed by atoms with Crippen LogP contribution in [0.15, 0.2) is 0 Å². The van der Waals surface area contributed by atoms with Crippen molar-refractivity contribution < 1.29 is 76.0 Å². The monoisotopic (exact) mass is 285 g/mol. The van der Waals surface area contributed by atoms with Crippen LogP contribution in [0.2, 0.25) is 0 Å². The van der Waals surface area contributed by atoms with Gasteiger partial charge in [-0.25, -0.2) is 0 Å². The van der Waals surface area contributed by atoms with Gasteiger partial charge in [0.1, 0.15) is 30.3 Å². The van der Waals surface area contributed by atoms with Gasteiger partial charge in [0.25, 0.3) is 11.0 Å². The van der Waals surface area contributed by atoms with Crippen LogP contribution in [0.3, 0.4) is 0 Å². The summed E-state index contributed by atoms with van der Waals surface area (Å²) in [6, 6.07) is 5.52. The van der Waals surface area contributed by atoms with Gasteiger partial charge in [-0.15, -0.1) is 0 Å². The first-order valence-electron chi connectivity index (χ1n) is 2.98. The molecule has 0 radical (unpaired) electrons. The van der Waals surface area contributed by atoms with Gasteiger partial charge < -0.3 is 5.11 Å². The Morgan fingerprint density at radius 1 is 0.812 bits per heavy atom. The van der Waals surface area contributed by atoms with E-state index in [1.165, 1.54) is 0 Å². The number of hydrogen-bond donors (Lipinski definition) is 1. The Bertz CT molecular complexity index is 396. The molecule has 7 nitrogen and oxygen atoms in total. The predicted molar refractivity (Wildman–Crippen MR) is 36.1 cm³/mol. The molecule has 0 aromatic carbocycles. The van der Waals surface area contributed by atoms with Gasteiger partial charge in [0.2, 0.25) is 0 Å². The average molecular weight is 285 g/mol. The number of nitriles is 5. The van der Waals surface area contributed by atoms with E-state index in [0.29, 0.717) is 0 Å². The summed E-state index contributed by atoms with van der Waals surface area (Å²) >= 11 is 2.31. The molecule has 0 aliphatic heterocycles. The molecular formula is C7HCoKN5O2+. The van der Waals surface area contributed by atoms with E-state index in [1.54, 1.807) is 0 Å². The molecule has 0 aliphatic carbocycles. The number of nitrogens with zero attached hydrogens (tertiary/aromatic N) is 5. The van der Waals surface area contributed by atoms with Crippen LogP contribution in [-0.4, -0.2) is 10.7 Å². The van der Waals surface area contributed by atoms with E-state index >= 15 is 0 Å². The fourth-order valence-electron chi connectivity index (χ4n) is 0.510. The Morgan fingerprint density at radius 3 is 1.12 bits per heavy atom. The van der Waals surface area contributed by atoms with Crippen molar-refractivity contribution in [1.29, 1.82) is 26.3 Å². The van der Waals surface area contributed by atoms with Crippen molar-refractivity contribution in [1.82, 2.24) is 0 Å². The first kappa shape index (κ1) is 20.7. The Hall–Kier alpha value is -0.647. The molecule has 0 fully saturated rings. The van der Waals surface area contributed by atoms with Gasteiger partial charge in [-0.1, -0.05) is 0 Å². The van der Waals surface area contributed by atoms with Gasteiger partial charge in [0, 0.05) is 0 Å². The normalized spacial score (nSPS) is 8.06. The van der Waals surface area contributed by atoms with Crippen molar-refractivity contribution in [3.63, 3.8) is 0 Å². The summed E-state index contributed by atoms with van der Waals surface area (Å²) in [5, 5.41) is 51.1. The van der Waals surface area contributed by atoms with Crippen LogP contribution < -0.4 is 51.4 Å². The van der Waals surface area contributed by atoms with Crippen molar-refractivity contribution in [3.05, 3.63) is 0 Å². The third kappa shape index (κ3) is 3.74. The molecule has 1 N–H and O–H groups in total. The van der Waals surface area contributed by atoms with Crippen LogP contribution in [0.5, 0.6) is 0 Å². The zero-order chi connectivity index (χ0) is 12.5. The zero-order valence-corrected chi connectivity index (χ0v) is 12.1. The van der Waals surface area contributed by atoms with Gasteiger partial charge >= 0.3 is 70.9 Å². The van der Waals surface area contributed by atoms with Crippen LogP contribution in [0.4, 0.5) is 0 Å². The zero-order valence-electron chi connectivity index (χ0n) is 7.92. The molecule has 0 bridgehead atoms. The van der Waals surface area contributed by atoms with Crippen LogP contribution in [0, 0.1) is 62.1 Å². The Morgan fingerprint density at radius 2 is 1.06 bits per heavy atom. The SMILES string of the molecule is N#CC(O)(C#N)C(C#N)(C#N)C#N.[K+].[O]=[Co]. The van der Waals surface area contributed by atoms with Crippen molar-refractivity contribution in [2.24, 2.45) is 5.41 Å². The third-order valence-electron chi connectivity index (χ3n) is 1.37. The molecular weight excluding hydrogens is 284 g/mol. The first-order chi connectivity index (χ1) is 7.05. The molecule has 0 amide bonds. The Kier molecular flexibility index (Phi) is 12.4. The van der Waals surface area contributed by atoms with Gasteiger partial charge in [-0.05, 0) is 0 Å². The molecule has 16 heavy (non-hydrogen) atoms. The summed E-state index contributed by atoms with van der Waals surface area (Å²) in [5.41, 5.74) is -5.60. The van der Waals surface area contributed by atoms with Gasteiger partial charge in [-0.3, -0.25) is 0 Å². The Labute approximate surface area is 142 Å². The molecule has 0 spiro atoms. The van der Waals surface area contributed by atoms with E-state index in [2.05, 4.69) is 15.7 Å². The second kappa shape index (κ2) is 9.57. The van der Waals surface area contributed by atoms with Crippen molar-refractivity contribution in [2.45, 2.75) is 5.60 Å². The number of hydrogen-bond acceptors (Lipinski definition) is 7. The second-order valence-electron chi connectivity index (χ2n) is 2.02. The Balaban J connectivity index is -0.000000529. The molecule has 0 aromatic heterocycles. The summed E-state index contributed by atoms with van der Waals surface area (Å²) in [6.07, 6.45) is 0. The quantitative estimate of drug-likeness (QED) is 0.382. The maximum absolute atomic E-state index is 9.15. The fourth-order valence-corrected chi connectivity index (χ4v) is 0.510. The van der Waals surface area contributed by atoms with E-state index in [0.717, 1.165) is 30.3 Å². The first-order valence-corrected chi connectivity index (χ1v) is 3.40. The van der Waals surface area contributed by atoms with Crippen LogP contribution >= 0.6 is 0 Å². The average Bonchev–Trinajstić information content (AvgIpc) is 2.34. The number of rotatable bonds is 1.